The fourth-order valence-corrected chi connectivity index (χ4v) is 2.70. The van der Waals surface area contributed by atoms with E-state index in [1.54, 1.807) is 19.9 Å². The minimum absolute atomic E-state index is 0.0690. The Kier molecular flexibility index (Phi) is 4.94. The maximum absolute atomic E-state index is 12.3. The molecule has 1 heterocycles. The van der Waals surface area contributed by atoms with E-state index in [2.05, 4.69) is 4.99 Å². The van der Waals surface area contributed by atoms with Crippen molar-refractivity contribution in [3.05, 3.63) is 51.2 Å². The van der Waals surface area contributed by atoms with Crippen LogP contribution in [0.5, 0.6) is 0 Å². The number of nitro groups is 1. The van der Waals surface area contributed by atoms with Crippen LogP contribution < -0.4 is 5.73 Å². The van der Waals surface area contributed by atoms with Gasteiger partial charge in [-0.05, 0) is 19.4 Å². The molecule has 8 nitrogen and oxygen atoms in total. The summed E-state index contributed by atoms with van der Waals surface area (Å²) in [5.41, 5.74) is 6.69. The van der Waals surface area contributed by atoms with E-state index in [-0.39, 0.29) is 23.7 Å². The zero-order valence-corrected chi connectivity index (χ0v) is 13.2. The van der Waals surface area contributed by atoms with Crippen molar-refractivity contribution in [2.24, 2.45) is 16.6 Å². The summed E-state index contributed by atoms with van der Waals surface area (Å²) in [6, 6.07) is 7.82. The summed E-state index contributed by atoms with van der Waals surface area (Å²) < 4.78 is 5.06. The number of nitro benzene ring substituents is 1. The van der Waals surface area contributed by atoms with Gasteiger partial charge in [0.15, 0.2) is 0 Å². The van der Waals surface area contributed by atoms with Gasteiger partial charge in [0.1, 0.15) is 11.8 Å². The van der Waals surface area contributed by atoms with Crippen LogP contribution in [0, 0.1) is 27.4 Å². The Hall–Kier alpha value is -3.21. The summed E-state index contributed by atoms with van der Waals surface area (Å²) in [6.07, 6.45) is 0. The number of amidine groups is 1. The quantitative estimate of drug-likeness (QED) is 0.511. The van der Waals surface area contributed by atoms with Gasteiger partial charge in [0.25, 0.3) is 5.69 Å². The number of carbonyl (C=O) groups is 1. The molecular formula is C16H16N4O4. The molecule has 2 N–H and O–H groups in total. The lowest BCUT2D eigenvalue weighted by Gasteiger charge is -2.28. The minimum atomic E-state index is -0.907. The molecule has 1 aliphatic rings. The normalized spacial score (nSPS) is 20.1. The Morgan fingerprint density at radius 2 is 2.25 bits per heavy atom. The Morgan fingerprint density at radius 1 is 1.54 bits per heavy atom. The fourth-order valence-electron chi connectivity index (χ4n) is 2.70. The number of hydrogen-bond donors (Lipinski definition) is 1. The van der Waals surface area contributed by atoms with Gasteiger partial charge < -0.3 is 10.5 Å². The highest BCUT2D eigenvalue weighted by Gasteiger charge is 2.38. The van der Waals surface area contributed by atoms with Crippen molar-refractivity contribution in [3.8, 4) is 6.07 Å². The standard InChI is InChI=1S/C16H16N4O4/c1-3-24-16(21)13-9(2)19-15(18)12(8-17)14(13)10-5-4-6-11(7-10)20(22)23/h4-7,12,14H,3H2,1-2H3,(H2,18,19). The second kappa shape index (κ2) is 6.91. The molecule has 24 heavy (non-hydrogen) atoms. The monoisotopic (exact) mass is 328 g/mol. The lowest BCUT2D eigenvalue weighted by Crippen LogP contribution is -2.35. The third-order valence-electron chi connectivity index (χ3n) is 3.72. The van der Waals surface area contributed by atoms with Gasteiger partial charge >= 0.3 is 5.97 Å². The van der Waals surface area contributed by atoms with Crippen LogP contribution in [0.2, 0.25) is 0 Å². The highest BCUT2D eigenvalue weighted by atomic mass is 16.6. The van der Waals surface area contributed by atoms with Crippen LogP contribution in [-0.4, -0.2) is 23.3 Å². The van der Waals surface area contributed by atoms with Crippen LogP contribution in [0.1, 0.15) is 25.3 Å². The first-order valence-corrected chi connectivity index (χ1v) is 7.26. The molecule has 1 aliphatic heterocycles. The van der Waals surface area contributed by atoms with Crippen molar-refractivity contribution in [2.45, 2.75) is 19.8 Å². The van der Waals surface area contributed by atoms with E-state index < -0.39 is 22.7 Å². The Balaban J connectivity index is 2.63. The van der Waals surface area contributed by atoms with E-state index in [1.807, 2.05) is 6.07 Å². The molecule has 0 spiro atoms. The number of nitriles is 1. The van der Waals surface area contributed by atoms with Gasteiger partial charge in [0.2, 0.25) is 0 Å². The van der Waals surface area contributed by atoms with Gasteiger partial charge in [-0.25, -0.2) is 9.79 Å². The number of benzene rings is 1. The molecule has 0 amide bonds. The van der Waals surface area contributed by atoms with Crippen LogP contribution >= 0.6 is 0 Å². The first-order chi connectivity index (χ1) is 11.4. The summed E-state index contributed by atoms with van der Waals surface area (Å²) in [4.78, 5) is 26.9. The topological polar surface area (TPSA) is 132 Å². The van der Waals surface area contributed by atoms with Gasteiger partial charge in [-0.2, -0.15) is 5.26 Å². The molecule has 8 heteroatoms. The van der Waals surface area contributed by atoms with E-state index in [4.69, 9.17) is 10.5 Å². The molecule has 1 aromatic rings. The SMILES string of the molecule is CCOC(=O)C1=C(C)N=C(N)C(C#N)C1c1cccc([N+](=O)[O-])c1. The maximum atomic E-state index is 12.3. The first-order valence-electron chi connectivity index (χ1n) is 7.26. The van der Waals surface area contributed by atoms with Crippen LogP contribution in [0.4, 0.5) is 5.69 Å². The summed E-state index contributed by atoms with van der Waals surface area (Å²) in [5.74, 6) is -2.22. The van der Waals surface area contributed by atoms with Crippen LogP contribution in [0.25, 0.3) is 0 Å². The lowest BCUT2D eigenvalue weighted by molar-refractivity contribution is -0.384. The summed E-state index contributed by atoms with van der Waals surface area (Å²) in [7, 11) is 0. The summed E-state index contributed by atoms with van der Waals surface area (Å²) in [6.45, 7) is 3.42. The number of ether oxygens (including phenoxy) is 1. The highest BCUT2D eigenvalue weighted by Crippen LogP contribution is 2.39. The molecule has 0 radical (unpaired) electrons. The predicted octanol–water partition coefficient (Wildman–Crippen LogP) is 2.03. The van der Waals surface area contributed by atoms with Gasteiger partial charge in [-0.1, -0.05) is 12.1 Å². The molecule has 0 aliphatic carbocycles. The Morgan fingerprint density at radius 3 is 2.83 bits per heavy atom. The predicted molar refractivity (Wildman–Crippen MR) is 85.9 cm³/mol. The minimum Gasteiger partial charge on any atom is -0.463 e. The third-order valence-corrected chi connectivity index (χ3v) is 3.72. The van der Waals surface area contributed by atoms with E-state index in [0.717, 1.165) is 0 Å². The second-order valence-electron chi connectivity index (χ2n) is 5.19. The van der Waals surface area contributed by atoms with Crippen molar-refractivity contribution < 1.29 is 14.5 Å². The van der Waals surface area contributed by atoms with Crippen LogP contribution in [0.3, 0.4) is 0 Å². The molecule has 0 saturated heterocycles. The molecule has 0 bridgehead atoms. The average Bonchev–Trinajstić information content (AvgIpc) is 2.54. The first kappa shape index (κ1) is 17.1. The van der Waals surface area contributed by atoms with Crippen LogP contribution in [0.15, 0.2) is 40.5 Å². The van der Waals surface area contributed by atoms with Gasteiger partial charge in [0, 0.05) is 18.1 Å². The molecule has 124 valence electrons. The molecule has 0 fully saturated rings. The largest absolute Gasteiger partial charge is 0.463 e. The van der Waals surface area contributed by atoms with E-state index in [1.165, 1.54) is 18.2 Å². The number of hydrogen-bond acceptors (Lipinski definition) is 7. The van der Waals surface area contributed by atoms with Crippen LogP contribution in [-0.2, 0) is 9.53 Å². The smallest absolute Gasteiger partial charge is 0.336 e. The molecule has 0 saturated carbocycles. The number of nitrogens with two attached hydrogens (primary N) is 1. The number of esters is 1. The number of allylic oxidation sites excluding steroid dienone is 1. The zero-order chi connectivity index (χ0) is 17.9. The molecule has 2 unspecified atom stereocenters. The van der Waals surface area contributed by atoms with Crippen molar-refractivity contribution in [2.75, 3.05) is 6.61 Å². The molecule has 0 aromatic heterocycles. The van der Waals surface area contributed by atoms with Crippen molar-refractivity contribution >= 4 is 17.5 Å². The Bertz CT molecular complexity index is 792. The lowest BCUT2D eigenvalue weighted by atomic mass is 9.78. The second-order valence-corrected chi connectivity index (χ2v) is 5.19. The number of aliphatic imine (C=N–C) groups is 1. The summed E-state index contributed by atoms with van der Waals surface area (Å²) in [5, 5.41) is 20.5. The average molecular weight is 328 g/mol. The number of nitrogens with zero attached hydrogens (tertiary/aromatic N) is 3. The number of carbonyl (C=O) groups excluding carboxylic acids is 1. The maximum Gasteiger partial charge on any atom is 0.336 e. The van der Waals surface area contributed by atoms with Crippen molar-refractivity contribution in [3.63, 3.8) is 0 Å². The van der Waals surface area contributed by atoms with Crippen molar-refractivity contribution in [1.82, 2.24) is 0 Å². The summed E-state index contributed by atoms with van der Waals surface area (Å²) >= 11 is 0. The van der Waals surface area contributed by atoms with E-state index >= 15 is 0 Å². The zero-order valence-electron chi connectivity index (χ0n) is 13.2. The van der Waals surface area contributed by atoms with Gasteiger partial charge in [0.05, 0.1) is 28.9 Å². The molecule has 2 rings (SSSR count). The van der Waals surface area contributed by atoms with Gasteiger partial charge in [-0.15, -0.1) is 0 Å². The van der Waals surface area contributed by atoms with Gasteiger partial charge in [-0.3, -0.25) is 10.1 Å². The molecular weight excluding hydrogens is 312 g/mol. The van der Waals surface area contributed by atoms with E-state index in [0.29, 0.717) is 11.3 Å². The van der Waals surface area contributed by atoms with E-state index in [9.17, 15) is 20.2 Å². The number of rotatable bonds is 4. The number of non-ortho nitro benzene ring substituents is 1. The highest BCUT2D eigenvalue weighted by molar-refractivity contribution is 5.98. The Labute approximate surface area is 138 Å². The molecule has 2 atom stereocenters. The third kappa shape index (κ3) is 3.10. The fraction of sp³-hybridized carbons (Fsp3) is 0.312. The van der Waals surface area contributed by atoms with Crippen molar-refractivity contribution in [1.29, 1.82) is 5.26 Å². The molecule has 1 aromatic carbocycles.